The molecule has 11 nitrogen and oxygen atoms in total. The van der Waals surface area contributed by atoms with Gasteiger partial charge in [-0.15, -0.1) is 0 Å². The highest BCUT2D eigenvalue weighted by Gasteiger charge is 2.59. The van der Waals surface area contributed by atoms with E-state index in [1.807, 2.05) is 42.5 Å². The number of aromatic nitrogens is 4. The number of rotatable bonds is 8. The molecule has 1 saturated heterocycles. The summed E-state index contributed by atoms with van der Waals surface area (Å²) in [5, 5.41) is 13.6. The van der Waals surface area contributed by atoms with Crippen molar-refractivity contribution in [3.63, 3.8) is 0 Å². The Morgan fingerprint density at radius 1 is 0.957 bits per heavy atom. The van der Waals surface area contributed by atoms with Crippen LogP contribution in [-0.2, 0) is 25.4 Å². The molecular weight excluding hydrogens is 643 g/mol. The Morgan fingerprint density at radius 2 is 1.64 bits per heavy atom. The number of ether oxygens (including phenoxy) is 1. The summed E-state index contributed by atoms with van der Waals surface area (Å²) in [6.07, 6.45) is 1.52. The molecule has 7 rings (SSSR count). The maximum absolute atomic E-state index is 13.1. The maximum Gasteiger partial charge on any atom is 0.330 e. The third-order valence-corrected chi connectivity index (χ3v) is 10.1. The second-order valence-electron chi connectivity index (χ2n) is 12.0. The highest BCUT2D eigenvalue weighted by Crippen LogP contribution is 2.52. The molecule has 0 amide bonds. The zero-order valence-electron chi connectivity index (χ0n) is 25.7. The molecule has 2 aromatic carbocycles. The number of piperidine rings is 1. The van der Waals surface area contributed by atoms with Crippen LogP contribution in [0, 0.1) is 17.8 Å². The van der Waals surface area contributed by atoms with Crippen molar-refractivity contribution in [2.24, 2.45) is 31.8 Å². The van der Waals surface area contributed by atoms with Crippen LogP contribution >= 0.6 is 23.2 Å². The molecule has 2 unspecified atom stereocenters. The van der Waals surface area contributed by atoms with E-state index in [2.05, 4.69) is 15.2 Å². The van der Waals surface area contributed by atoms with Crippen molar-refractivity contribution >= 4 is 51.6 Å². The standard InChI is InChI=1S/C34H30Cl2N6O5/c1-40-25-12-13-37-30(27(25)32(43)41(2)34(40)46)38-24-9-5-7-19(29(24)36)18-6-4-8-20(28(18)35)23-11-10-17(31(39-23)47-3)14-42-15-21-22(16-42)26(21)33(44)45/h4-13,21-22,26H,14-16H2,1-3H3,(H,37,38)(H,44,45). The number of hydrogen-bond acceptors (Lipinski definition) is 8. The summed E-state index contributed by atoms with van der Waals surface area (Å²) in [5.74, 6) is 0.275. The predicted octanol–water partition coefficient (Wildman–Crippen LogP) is 5.18. The van der Waals surface area contributed by atoms with Crippen molar-refractivity contribution < 1.29 is 14.6 Å². The minimum atomic E-state index is -0.699. The van der Waals surface area contributed by atoms with Crippen LogP contribution in [-0.4, -0.2) is 55.3 Å². The molecule has 240 valence electrons. The van der Waals surface area contributed by atoms with Crippen molar-refractivity contribution in [2.45, 2.75) is 6.54 Å². The number of aryl methyl sites for hydroxylation is 1. The van der Waals surface area contributed by atoms with Gasteiger partial charge in [-0.05, 0) is 30.0 Å². The van der Waals surface area contributed by atoms with Gasteiger partial charge >= 0.3 is 11.7 Å². The molecule has 5 aromatic rings. The van der Waals surface area contributed by atoms with Crippen molar-refractivity contribution in [3.05, 3.63) is 97.2 Å². The highest BCUT2D eigenvalue weighted by atomic mass is 35.5. The number of methoxy groups -OCH3 is 1. The lowest BCUT2D eigenvalue weighted by molar-refractivity contribution is -0.139. The van der Waals surface area contributed by atoms with Gasteiger partial charge in [-0.2, -0.15) is 0 Å². The molecule has 0 bridgehead atoms. The molecule has 0 radical (unpaired) electrons. The zero-order chi connectivity index (χ0) is 33.1. The number of nitrogens with zero attached hydrogens (tertiary/aromatic N) is 5. The van der Waals surface area contributed by atoms with Gasteiger partial charge in [-0.1, -0.05) is 59.6 Å². The smallest absolute Gasteiger partial charge is 0.330 e. The van der Waals surface area contributed by atoms with Gasteiger partial charge in [0.25, 0.3) is 5.56 Å². The number of carboxylic acids is 1. The van der Waals surface area contributed by atoms with Crippen LogP contribution in [0.15, 0.2) is 70.4 Å². The summed E-state index contributed by atoms with van der Waals surface area (Å²) in [7, 11) is 4.60. The van der Waals surface area contributed by atoms with E-state index in [-0.39, 0.29) is 29.0 Å². The topological polar surface area (TPSA) is 132 Å². The van der Waals surface area contributed by atoms with E-state index in [9.17, 15) is 19.5 Å². The average Bonchev–Trinajstić information content (AvgIpc) is 3.59. The molecule has 2 atom stereocenters. The van der Waals surface area contributed by atoms with Gasteiger partial charge in [-0.3, -0.25) is 23.6 Å². The van der Waals surface area contributed by atoms with Crippen LogP contribution in [0.4, 0.5) is 11.5 Å². The van der Waals surface area contributed by atoms with Crippen LogP contribution in [0.5, 0.6) is 5.88 Å². The van der Waals surface area contributed by atoms with Gasteiger partial charge in [0.1, 0.15) is 11.2 Å². The normalized spacial score (nSPS) is 18.7. The molecule has 4 heterocycles. The fourth-order valence-corrected chi connectivity index (χ4v) is 7.39. The Hall–Kier alpha value is -4.71. The second-order valence-corrected chi connectivity index (χ2v) is 12.7. The largest absolute Gasteiger partial charge is 0.481 e. The van der Waals surface area contributed by atoms with Gasteiger partial charge in [0.05, 0.1) is 40.0 Å². The van der Waals surface area contributed by atoms with Gasteiger partial charge < -0.3 is 15.2 Å². The molecule has 13 heteroatoms. The van der Waals surface area contributed by atoms with Crippen LogP contribution in [0.1, 0.15) is 5.56 Å². The number of hydrogen-bond donors (Lipinski definition) is 2. The van der Waals surface area contributed by atoms with Crippen LogP contribution in [0.2, 0.25) is 10.0 Å². The molecule has 1 aliphatic carbocycles. The first-order valence-electron chi connectivity index (χ1n) is 15.0. The number of nitrogens with one attached hydrogen (secondary N) is 1. The monoisotopic (exact) mass is 672 g/mol. The Labute approximate surface area is 279 Å². The Kier molecular flexibility index (Phi) is 7.78. The maximum atomic E-state index is 13.1. The van der Waals surface area contributed by atoms with E-state index >= 15 is 0 Å². The van der Waals surface area contributed by atoms with Crippen LogP contribution in [0.3, 0.4) is 0 Å². The number of fused-ring (bicyclic) bond motifs is 2. The molecule has 2 fully saturated rings. The minimum absolute atomic E-state index is 0.214. The molecule has 3 aromatic heterocycles. The number of anilines is 2. The lowest BCUT2D eigenvalue weighted by Gasteiger charge is -2.20. The quantitative estimate of drug-likeness (QED) is 0.229. The fraction of sp³-hybridized carbons (Fsp3) is 0.265. The third-order valence-electron chi connectivity index (χ3n) is 9.28. The SMILES string of the molecule is COc1nc(-c2cccc(-c3cccc(Nc4nccc5c4c(=O)n(C)c(=O)n5C)c3Cl)c2Cl)ccc1CN1CC2C(C1)C2C(=O)O. The van der Waals surface area contributed by atoms with Crippen molar-refractivity contribution in [2.75, 3.05) is 25.5 Å². The first kappa shape index (κ1) is 30.9. The summed E-state index contributed by atoms with van der Waals surface area (Å²) < 4.78 is 8.11. The summed E-state index contributed by atoms with van der Waals surface area (Å²) in [5.41, 5.74) is 3.59. The van der Waals surface area contributed by atoms with E-state index in [0.717, 1.165) is 23.2 Å². The van der Waals surface area contributed by atoms with Crippen molar-refractivity contribution in [1.82, 2.24) is 24.0 Å². The Morgan fingerprint density at radius 3 is 2.34 bits per heavy atom. The molecular formula is C34H30Cl2N6O5. The Bertz CT molecular complexity index is 2200. The van der Waals surface area contributed by atoms with E-state index in [4.69, 9.17) is 32.9 Å². The first-order chi connectivity index (χ1) is 22.6. The Balaban J connectivity index is 1.19. The number of aliphatic carboxylic acids is 1. The molecule has 2 N–H and O–H groups in total. The lowest BCUT2D eigenvalue weighted by Crippen LogP contribution is -2.37. The van der Waals surface area contributed by atoms with Gasteiger partial charge in [0.2, 0.25) is 5.88 Å². The van der Waals surface area contributed by atoms with E-state index in [1.165, 1.54) is 17.8 Å². The van der Waals surface area contributed by atoms with Crippen LogP contribution < -0.4 is 21.3 Å². The molecule has 1 aliphatic heterocycles. The van der Waals surface area contributed by atoms with Gasteiger partial charge in [0, 0.05) is 62.2 Å². The van der Waals surface area contributed by atoms with Gasteiger partial charge in [0.15, 0.2) is 0 Å². The number of likely N-dealkylation sites (tertiary alicyclic amines) is 1. The number of carbonyl (C=O) groups is 1. The molecule has 47 heavy (non-hydrogen) atoms. The third kappa shape index (κ3) is 5.24. The van der Waals surface area contributed by atoms with Crippen molar-refractivity contribution in [1.29, 1.82) is 0 Å². The average molecular weight is 674 g/mol. The fourth-order valence-electron chi connectivity index (χ4n) is 6.79. The van der Waals surface area contributed by atoms with E-state index in [0.29, 0.717) is 56.1 Å². The molecule has 2 aliphatic rings. The predicted molar refractivity (Wildman–Crippen MR) is 181 cm³/mol. The van der Waals surface area contributed by atoms with E-state index in [1.54, 1.807) is 26.3 Å². The number of pyridine rings is 2. The van der Waals surface area contributed by atoms with Gasteiger partial charge in [-0.25, -0.2) is 14.8 Å². The number of carboxylic acid groups (broad SMARTS) is 1. The number of halogens is 2. The highest BCUT2D eigenvalue weighted by molar-refractivity contribution is 6.39. The van der Waals surface area contributed by atoms with Crippen molar-refractivity contribution in [3.8, 4) is 28.3 Å². The second kappa shape index (κ2) is 11.8. The number of benzene rings is 2. The summed E-state index contributed by atoms with van der Waals surface area (Å²) in [6.45, 7) is 2.12. The van der Waals surface area contributed by atoms with E-state index < -0.39 is 17.2 Å². The van der Waals surface area contributed by atoms with Crippen LogP contribution in [0.25, 0.3) is 33.3 Å². The summed E-state index contributed by atoms with van der Waals surface area (Å²) in [6, 6.07) is 16.6. The first-order valence-corrected chi connectivity index (χ1v) is 15.7. The summed E-state index contributed by atoms with van der Waals surface area (Å²) in [4.78, 5) is 48.3. The lowest BCUT2D eigenvalue weighted by atomic mass is 10.00. The molecule has 0 spiro atoms. The minimum Gasteiger partial charge on any atom is -0.481 e. The molecule has 1 saturated carbocycles. The summed E-state index contributed by atoms with van der Waals surface area (Å²) >= 11 is 14.0. The zero-order valence-corrected chi connectivity index (χ0v) is 27.2.